The van der Waals surface area contributed by atoms with E-state index in [-0.39, 0.29) is 11.4 Å². The normalized spacial score (nSPS) is 14.5. The number of hydrogen-bond acceptors (Lipinski definition) is 7. The van der Waals surface area contributed by atoms with Crippen LogP contribution in [0.15, 0.2) is 49.3 Å². The Kier molecular flexibility index (Phi) is 5.19. The number of ether oxygens (including phenoxy) is 1. The van der Waals surface area contributed by atoms with Crippen molar-refractivity contribution in [2.45, 2.75) is 26.4 Å². The molecule has 8 nitrogen and oxygen atoms in total. The van der Waals surface area contributed by atoms with E-state index < -0.39 is 0 Å². The number of nitriles is 1. The van der Waals surface area contributed by atoms with Gasteiger partial charge >= 0.3 is 0 Å². The lowest BCUT2D eigenvalue weighted by atomic mass is 10.1. The summed E-state index contributed by atoms with van der Waals surface area (Å²) in [6, 6.07) is 7.71. The van der Waals surface area contributed by atoms with Crippen LogP contribution in [0.1, 0.15) is 26.3 Å². The fraction of sp³-hybridized carbons (Fsp3) is 0.348. The van der Waals surface area contributed by atoms with E-state index in [1.165, 1.54) is 16.9 Å². The van der Waals surface area contributed by atoms with E-state index in [1.807, 2.05) is 32.9 Å². The van der Waals surface area contributed by atoms with Gasteiger partial charge in [-0.15, -0.1) is 0 Å². The molecule has 0 aromatic carbocycles. The topological polar surface area (TPSA) is 89.9 Å². The molecule has 31 heavy (non-hydrogen) atoms. The van der Waals surface area contributed by atoms with E-state index in [0.717, 1.165) is 37.6 Å². The van der Waals surface area contributed by atoms with Crippen LogP contribution >= 0.6 is 0 Å². The van der Waals surface area contributed by atoms with Crippen molar-refractivity contribution in [3.8, 4) is 22.9 Å². The summed E-state index contributed by atoms with van der Waals surface area (Å²) in [7, 11) is 0. The summed E-state index contributed by atoms with van der Waals surface area (Å²) in [4.78, 5) is 9.02. The van der Waals surface area contributed by atoms with Crippen LogP contribution in [0.25, 0.3) is 16.6 Å². The summed E-state index contributed by atoms with van der Waals surface area (Å²) < 4.78 is 7.40. The van der Waals surface area contributed by atoms with Gasteiger partial charge in [0.2, 0.25) is 0 Å². The van der Waals surface area contributed by atoms with Crippen molar-refractivity contribution in [2.75, 3.05) is 31.1 Å². The van der Waals surface area contributed by atoms with Crippen molar-refractivity contribution < 1.29 is 9.84 Å². The molecule has 3 aromatic rings. The fourth-order valence-corrected chi connectivity index (χ4v) is 3.74. The third-order valence-electron chi connectivity index (χ3n) is 5.16. The van der Waals surface area contributed by atoms with E-state index in [2.05, 4.69) is 32.5 Å². The zero-order valence-corrected chi connectivity index (χ0v) is 18.0. The summed E-state index contributed by atoms with van der Waals surface area (Å²) in [6.45, 7) is 13.4. The minimum Gasteiger partial charge on any atom is -0.506 e. The number of pyridine rings is 2. The van der Waals surface area contributed by atoms with Gasteiger partial charge < -0.3 is 19.6 Å². The average molecular weight is 419 g/mol. The molecule has 0 bridgehead atoms. The highest BCUT2D eigenvalue weighted by atomic mass is 16.5. The fourth-order valence-electron chi connectivity index (χ4n) is 3.74. The summed E-state index contributed by atoms with van der Waals surface area (Å²) in [5, 5.41) is 23.6. The van der Waals surface area contributed by atoms with Crippen LogP contribution < -0.4 is 4.90 Å². The number of rotatable bonds is 4. The van der Waals surface area contributed by atoms with E-state index in [9.17, 15) is 10.4 Å². The third-order valence-corrected chi connectivity index (χ3v) is 5.16. The number of piperazine rings is 1. The molecular weight excluding hydrogens is 392 g/mol. The van der Waals surface area contributed by atoms with Gasteiger partial charge in [0.25, 0.3) is 0 Å². The predicted molar refractivity (Wildman–Crippen MR) is 119 cm³/mol. The molecule has 0 amide bonds. The Hall–Kier alpha value is -3.73. The molecule has 0 saturated carbocycles. The third kappa shape index (κ3) is 4.26. The molecule has 0 spiro atoms. The van der Waals surface area contributed by atoms with Crippen molar-refractivity contribution in [1.82, 2.24) is 19.5 Å². The maximum Gasteiger partial charge on any atom is 0.182 e. The lowest BCUT2D eigenvalue weighted by molar-refractivity contribution is 0.00164. The molecule has 8 heteroatoms. The first-order valence-corrected chi connectivity index (χ1v) is 10.2. The first kappa shape index (κ1) is 20.5. The quantitative estimate of drug-likeness (QED) is 0.650. The summed E-state index contributed by atoms with van der Waals surface area (Å²) in [6.07, 6.45) is 4.75. The molecule has 0 aliphatic carbocycles. The molecular formula is C23H26N6O2. The Morgan fingerprint density at radius 3 is 2.55 bits per heavy atom. The molecule has 0 radical (unpaired) electrons. The lowest BCUT2D eigenvalue weighted by Gasteiger charge is -2.38. The number of aromatic hydroxyl groups is 1. The van der Waals surface area contributed by atoms with Crippen LogP contribution in [-0.2, 0) is 4.74 Å². The van der Waals surface area contributed by atoms with Crippen molar-refractivity contribution in [3.63, 3.8) is 0 Å². The molecule has 1 aliphatic rings. The predicted octanol–water partition coefficient (Wildman–Crippen LogP) is 3.38. The second kappa shape index (κ2) is 7.84. The van der Waals surface area contributed by atoms with Crippen LogP contribution in [0.3, 0.4) is 0 Å². The molecule has 1 aliphatic heterocycles. The Bertz CT molecular complexity index is 1150. The Labute approximate surface area is 181 Å². The monoisotopic (exact) mass is 418 g/mol. The summed E-state index contributed by atoms with van der Waals surface area (Å²) in [5.41, 5.74) is 2.37. The second-order valence-electron chi connectivity index (χ2n) is 8.56. The van der Waals surface area contributed by atoms with Gasteiger partial charge in [0.15, 0.2) is 5.88 Å². The molecule has 3 aromatic heterocycles. The van der Waals surface area contributed by atoms with Crippen LogP contribution in [0, 0.1) is 11.3 Å². The van der Waals surface area contributed by atoms with Gasteiger partial charge in [-0.1, -0.05) is 0 Å². The highest BCUT2D eigenvalue weighted by molar-refractivity contribution is 5.85. The maximum absolute atomic E-state index is 10.1. The van der Waals surface area contributed by atoms with E-state index in [0.29, 0.717) is 22.5 Å². The van der Waals surface area contributed by atoms with Crippen molar-refractivity contribution in [1.29, 1.82) is 5.26 Å². The number of anilines is 1. The van der Waals surface area contributed by atoms with Crippen molar-refractivity contribution in [2.24, 2.45) is 0 Å². The summed E-state index contributed by atoms with van der Waals surface area (Å²) >= 11 is 0. The standard InChI is InChI=1S/C23H26N6O2/c1-16(31-23(2,3)4)27-7-9-28(10-8-27)21-6-5-17(13-25-21)20-11-19(30)15-29-22(20)18(12-24)14-26-29/h5-6,11,13-15,30H,1,7-10H2,2-4H3. The highest BCUT2D eigenvalue weighted by Crippen LogP contribution is 2.31. The Balaban J connectivity index is 1.50. The molecule has 1 saturated heterocycles. The molecule has 160 valence electrons. The Morgan fingerprint density at radius 1 is 1.19 bits per heavy atom. The smallest absolute Gasteiger partial charge is 0.182 e. The number of aromatic nitrogens is 3. The van der Waals surface area contributed by atoms with Crippen molar-refractivity contribution in [3.05, 3.63) is 54.8 Å². The molecule has 4 rings (SSSR count). The van der Waals surface area contributed by atoms with Gasteiger partial charge in [-0.2, -0.15) is 10.4 Å². The molecule has 4 heterocycles. The van der Waals surface area contributed by atoms with Gasteiger partial charge in [0, 0.05) is 43.5 Å². The van der Waals surface area contributed by atoms with E-state index >= 15 is 0 Å². The molecule has 1 N–H and O–H groups in total. The number of fused-ring (bicyclic) bond motifs is 1. The van der Waals surface area contributed by atoms with Gasteiger partial charge in [0.05, 0.1) is 23.5 Å². The number of hydrogen-bond donors (Lipinski definition) is 1. The first-order valence-electron chi connectivity index (χ1n) is 10.2. The second-order valence-corrected chi connectivity index (χ2v) is 8.56. The molecule has 0 atom stereocenters. The van der Waals surface area contributed by atoms with Gasteiger partial charge in [-0.25, -0.2) is 9.50 Å². The maximum atomic E-state index is 10.1. The molecule has 1 fully saturated rings. The zero-order chi connectivity index (χ0) is 22.2. The average Bonchev–Trinajstić information content (AvgIpc) is 3.15. The lowest BCUT2D eigenvalue weighted by Crippen LogP contribution is -2.47. The minimum atomic E-state index is -0.260. The largest absolute Gasteiger partial charge is 0.506 e. The Morgan fingerprint density at radius 2 is 1.94 bits per heavy atom. The van der Waals surface area contributed by atoms with Gasteiger partial charge in [0.1, 0.15) is 23.2 Å². The van der Waals surface area contributed by atoms with Crippen LogP contribution in [-0.4, -0.2) is 56.4 Å². The first-order chi connectivity index (χ1) is 14.7. The van der Waals surface area contributed by atoms with Gasteiger partial charge in [-0.3, -0.25) is 0 Å². The zero-order valence-electron chi connectivity index (χ0n) is 18.0. The van der Waals surface area contributed by atoms with Crippen LogP contribution in [0.4, 0.5) is 5.82 Å². The van der Waals surface area contributed by atoms with Crippen LogP contribution in [0.5, 0.6) is 5.75 Å². The SMILES string of the molecule is C=C(OC(C)(C)C)N1CCN(c2ccc(-c3cc(O)cn4ncc(C#N)c34)cn2)CC1. The summed E-state index contributed by atoms with van der Waals surface area (Å²) in [5.74, 6) is 1.67. The van der Waals surface area contributed by atoms with Gasteiger partial charge in [-0.05, 0) is 45.5 Å². The number of nitrogens with zero attached hydrogens (tertiary/aromatic N) is 6. The molecule has 0 unspecified atom stereocenters. The van der Waals surface area contributed by atoms with E-state index in [4.69, 9.17) is 4.74 Å². The van der Waals surface area contributed by atoms with Crippen LogP contribution in [0.2, 0.25) is 0 Å². The minimum absolute atomic E-state index is 0.0768. The highest BCUT2D eigenvalue weighted by Gasteiger charge is 2.23. The van der Waals surface area contributed by atoms with E-state index in [1.54, 1.807) is 12.3 Å². The van der Waals surface area contributed by atoms with Crippen molar-refractivity contribution >= 4 is 11.3 Å².